The Morgan fingerprint density at radius 3 is 2.85 bits per heavy atom. The number of carbonyl (C=O) groups is 1. The molecule has 0 radical (unpaired) electrons. The van der Waals surface area contributed by atoms with Crippen molar-refractivity contribution in [2.45, 2.75) is 0 Å². The number of aromatic nitrogens is 3. The summed E-state index contributed by atoms with van der Waals surface area (Å²) < 4.78 is 18.8. The number of ether oxygens (including phenoxy) is 1. The topological polar surface area (TPSA) is 100 Å². The number of carbonyl (C=O) groups excluding carboxylic acids is 1. The fourth-order valence-corrected chi connectivity index (χ4v) is 1.75. The average molecular weight is 345 g/mol. The number of benzene rings is 1. The van der Waals surface area contributed by atoms with Crippen molar-refractivity contribution in [1.29, 1.82) is 0 Å². The molecule has 1 aromatic carbocycles. The molecule has 1 aromatic heterocycles. The van der Waals surface area contributed by atoms with Crippen LogP contribution >= 0.6 is 15.9 Å². The number of hydrogen-bond donors (Lipinski definition) is 0. The van der Waals surface area contributed by atoms with Crippen molar-refractivity contribution in [1.82, 2.24) is 14.8 Å². The largest absolute Gasteiger partial charge is 0.463 e. The Bertz CT molecular complexity index is 703. The first-order valence-electron chi connectivity index (χ1n) is 5.08. The maximum Gasteiger partial charge on any atom is 0.377 e. The number of rotatable bonds is 3. The molecule has 0 N–H and O–H groups in total. The number of halogens is 2. The van der Waals surface area contributed by atoms with E-state index in [0.717, 1.165) is 24.2 Å². The fraction of sp³-hybridized carbons (Fsp3) is 0.100. The van der Waals surface area contributed by atoms with Crippen molar-refractivity contribution in [2.24, 2.45) is 0 Å². The van der Waals surface area contributed by atoms with E-state index in [2.05, 4.69) is 30.7 Å². The van der Waals surface area contributed by atoms with Gasteiger partial charge in [0.15, 0.2) is 0 Å². The van der Waals surface area contributed by atoms with Gasteiger partial charge in [-0.3, -0.25) is 10.1 Å². The van der Waals surface area contributed by atoms with Gasteiger partial charge in [-0.15, -0.1) is 5.10 Å². The molecule has 0 aliphatic heterocycles. The second-order valence-corrected chi connectivity index (χ2v) is 4.37. The van der Waals surface area contributed by atoms with Gasteiger partial charge in [-0.2, -0.15) is 0 Å². The van der Waals surface area contributed by atoms with Crippen LogP contribution in [0.4, 0.5) is 10.1 Å². The summed E-state index contributed by atoms with van der Waals surface area (Å²) in [6, 6.07) is 1.92. The molecule has 104 valence electrons. The Kier molecular flexibility index (Phi) is 3.74. The van der Waals surface area contributed by atoms with Gasteiger partial charge in [0.1, 0.15) is 17.8 Å². The Morgan fingerprint density at radius 1 is 1.55 bits per heavy atom. The zero-order valence-corrected chi connectivity index (χ0v) is 11.5. The summed E-state index contributed by atoms with van der Waals surface area (Å²) in [6.07, 6.45) is 1.10. The molecule has 2 aromatic rings. The minimum absolute atomic E-state index is 0.0215. The third-order valence-electron chi connectivity index (χ3n) is 2.32. The Balaban J connectivity index is 2.57. The lowest BCUT2D eigenvalue weighted by atomic mass is 10.2. The highest BCUT2D eigenvalue weighted by Gasteiger charge is 2.21. The average Bonchev–Trinajstić information content (AvgIpc) is 2.89. The second kappa shape index (κ2) is 5.33. The molecule has 0 spiro atoms. The molecule has 1 heterocycles. The number of esters is 1. The number of nitro groups is 1. The molecule has 0 fully saturated rings. The van der Waals surface area contributed by atoms with E-state index in [9.17, 15) is 19.3 Å². The Hall–Kier alpha value is -2.36. The summed E-state index contributed by atoms with van der Waals surface area (Å²) in [5, 5.41) is 14.7. The quantitative estimate of drug-likeness (QED) is 0.478. The molecule has 0 atom stereocenters. The van der Waals surface area contributed by atoms with Crippen LogP contribution in [0.25, 0.3) is 5.69 Å². The fourth-order valence-electron chi connectivity index (χ4n) is 1.42. The molecular formula is C10H6BrFN4O4. The first-order valence-corrected chi connectivity index (χ1v) is 5.87. The van der Waals surface area contributed by atoms with E-state index in [4.69, 9.17) is 0 Å². The highest BCUT2D eigenvalue weighted by molar-refractivity contribution is 9.10. The van der Waals surface area contributed by atoms with Crippen molar-refractivity contribution in [3.8, 4) is 5.69 Å². The summed E-state index contributed by atoms with van der Waals surface area (Å²) in [5.41, 5.74) is -0.544. The molecule has 0 saturated heterocycles. The molecule has 0 aliphatic rings. The minimum atomic E-state index is -0.785. The Labute approximate surface area is 119 Å². The smallest absolute Gasteiger partial charge is 0.377 e. The lowest BCUT2D eigenvalue weighted by Crippen LogP contribution is -2.06. The van der Waals surface area contributed by atoms with Crippen molar-refractivity contribution in [2.75, 3.05) is 7.11 Å². The van der Waals surface area contributed by atoms with Gasteiger partial charge in [0.05, 0.1) is 22.6 Å². The third kappa shape index (κ3) is 2.50. The van der Waals surface area contributed by atoms with Crippen LogP contribution in [0.1, 0.15) is 10.6 Å². The maximum absolute atomic E-state index is 13.4. The van der Waals surface area contributed by atoms with Crippen molar-refractivity contribution >= 4 is 27.6 Å². The van der Waals surface area contributed by atoms with Crippen LogP contribution in [-0.4, -0.2) is 32.8 Å². The molecule has 8 nitrogen and oxygen atoms in total. The van der Waals surface area contributed by atoms with Crippen molar-refractivity contribution < 1.29 is 18.8 Å². The predicted molar refractivity (Wildman–Crippen MR) is 67.0 cm³/mol. The van der Waals surface area contributed by atoms with E-state index in [-0.39, 0.29) is 16.0 Å². The van der Waals surface area contributed by atoms with Gasteiger partial charge in [-0.1, -0.05) is 0 Å². The van der Waals surface area contributed by atoms with Gasteiger partial charge in [0, 0.05) is 0 Å². The lowest BCUT2D eigenvalue weighted by molar-refractivity contribution is -0.384. The van der Waals surface area contributed by atoms with Crippen LogP contribution < -0.4 is 0 Å². The van der Waals surface area contributed by atoms with Crippen LogP contribution in [0.15, 0.2) is 22.9 Å². The number of nitro benzene ring substituents is 1. The minimum Gasteiger partial charge on any atom is -0.463 e. The summed E-state index contributed by atoms with van der Waals surface area (Å²) in [4.78, 5) is 25.1. The summed E-state index contributed by atoms with van der Waals surface area (Å²) in [7, 11) is 1.15. The first-order chi connectivity index (χ1) is 9.43. The van der Waals surface area contributed by atoms with E-state index >= 15 is 0 Å². The van der Waals surface area contributed by atoms with Gasteiger partial charge in [0.25, 0.3) is 11.5 Å². The van der Waals surface area contributed by atoms with Gasteiger partial charge in [0.2, 0.25) is 0 Å². The van der Waals surface area contributed by atoms with Gasteiger partial charge >= 0.3 is 5.97 Å². The summed E-state index contributed by atoms with van der Waals surface area (Å²) in [6.45, 7) is 0. The van der Waals surface area contributed by atoms with Crippen LogP contribution in [-0.2, 0) is 4.74 Å². The van der Waals surface area contributed by atoms with Crippen LogP contribution in [0.2, 0.25) is 0 Å². The normalized spacial score (nSPS) is 10.3. The second-order valence-electron chi connectivity index (χ2n) is 3.52. The molecule has 20 heavy (non-hydrogen) atoms. The zero-order valence-electron chi connectivity index (χ0n) is 9.91. The van der Waals surface area contributed by atoms with Crippen molar-refractivity contribution in [3.63, 3.8) is 0 Å². The SMILES string of the molecule is COC(=O)c1ncn(-c2cc(Br)c(F)cc2[N+](=O)[O-])n1. The Morgan fingerprint density at radius 2 is 2.25 bits per heavy atom. The van der Waals surface area contributed by atoms with E-state index in [1.165, 1.54) is 6.07 Å². The monoisotopic (exact) mass is 344 g/mol. The first kappa shape index (κ1) is 14.1. The molecule has 0 aliphatic carbocycles. The maximum atomic E-state index is 13.4. The third-order valence-corrected chi connectivity index (χ3v) is 2.93. The van der Waals surface area contributed by atoms with Crippen LogP contribution in [0, 0.1) is 15.9 Å². The van der Waals surface area contributed by atoms with E-state index in [1.54, 1.807) is 0 Å². The van der Waals surface area contributed by atoms with E-state index in [0.29, 0.717) is 0 Å². The van der Waals surface area contributed by atoms with Crippen LogP contribution in [0.5, 0.6) is 0 Å². The van der Waals surface area contributed by atoms with E-state index < -0.39 is 22.4 Å². The van der Waals surface area contributed by atoms with Crippen LogP contribution in [0.3, 0.4) is 0 Å². The number of nitrogens with zero attached hydrogens (tertiary/aromatic N) is 4. The van der Waals surface area contributed by atoms with Gasteiger partial charge in [-0.05, 0) is 22.0 Å². The molecule has 0 saturated carbocycles. The summed E-state index contributed by atoms with van der Waals surface area (Å²) >= 11 is 2.93. The molecule has 0 unspecified atom stereocenters. The molecule has 10 heteroatoms. The highest BCUT2D eigenvalue weighted by atomic mass is 79.9. The standard InChI is InChI=1S/C10H6BrFN4O4/c1-20-10(17)9-13-4-15(14-9)7-2-5(11)6(12)3-8(7)16(18)19/h2-4H,1H3. The molecule has 0 bridgehead atoms. The molecule has 0 amide bonds. The molecular weight excluding hydrogens is 339 g/mol. The number of hydrogen-bond acceptors (Lipinski definition) is 6. The van der Waals surface area contributed by atoms with Gasteiger partial charge in [-0.25, -0.2) is 18.9 Å². The molecule has 2 rings (SSSR count). The summed E-state index contributed by atoms with van der Waals surface area (Å²) in [5.74, 6) is -1.83. The zero-order chi connectivity index (χ0) is 14.9. The van der Waals surface area contributed by atoms with Crippen molar-refractivity contribution in [3.05, 3.63) is 44.7 Å². The van der Waals surface area contributed by atoms with Gasteiger partial charge < -0.3 is 4.74 Å². The predicted octanol–water partition coefficient (Wildman–Crippen LogP) is 1.86. The highest BCUT2D eigenvalue weighted by Crippen LogP contribution is 2.28. The van der Waals surface area contributed by atoms with E-state index in [1.807, 2.05) is 0 Å². The lowest BCUT2D eigenvalue weighted by Gasteiger charge is -2.03. The number of methoxy groups -OCH3 is 1.